The van der Waals surface area contributed by atoms with Gasteiger partial charge in [-0.05, 0) is 81.0 Å². The fourth-order valence-electron chi connectivity index (χ4n) is 3.91. The topological polar surface area (TPSA) is 92.8 Å². The van der Waals surface area contributed by atoms with Gasteiger partial charge in [0.05, 0.1) is 28.6 Å². The Kier molecular flexibility index (Phi) is 6.85. The Bertz CT molecular complexity index is 1150. The van der Waals surface area contributed by atoms with Crippen LogP contribution in [0.2, 0.25) is 0 Å². The second kappa shape index (κ2) is 9.08. The van der Waals surface area contributed by atoms with E-state index < -0.39 is 20.0 Å². The summed E-state index contributed by atoms with van der Waals surface area (Å²) in [5.41, 5.74) is 3.27. The first kappa shape index (κ1) is 23.4. The third kappa shape index (κ3) is 4.98. The van der Waals surface area contributed by atoms with Gasteiger partial charge in [-0.15, -0.1) is 0 Å². The van der Waals surface area contributed by atoms with Crippen molar-refractivity contribution in [2.75, 3.05) is 27.9 Å². The van der Waals surface area contributed by atoms with Gasteiger partial charge < -0.3 is 4.74 Å². The largest absolute Gasteiger partial charge is 0.493 e. The lowest BCUT2D eigenvalue weighted by molar-refractivity contribution is 0.335. The number of rotatable bonds is 8. The highest BCUT2D eigenvalue weighted by Crippen LogP contribution is 2.34. The Morgan fingerprint density at radius 2 is 1.71 bits per heavy atom. The summed E-state index contributed by atoms with van der Waals surface area (Å²) in [6.07, 6.45) is 2.03. The fraction of sp³-hybridized carbons (Fsp3) is 0.455. The zero-order chi connectivity index (χ0) is 22.8. The van der Waals surface area contributed by atoms with Crippen LogP contribution in [-0.4, -0.2) is 35.7 Å². The summed E-state index contributed by atoms with van der Waals surface area (Å²) in [4.78, 5) is 0.138. The van der Waals surface area contributed by atoms with Crippen molar-refractivity contribution in [2.45, 2.75) is 51.9 Å². The molecule has 0 bridgehead atoms. The van der Waals surface area contributed by atoms with E-state index in [-0.39, 0.29) is 10.6 Å². The molecule has 31 heavy (non-hydrogen) atoms. The van der Waals surface area contributed by atoms with Gasteiger partial charge in [0.2, 0.25) is 10.0 Å². The normalized spacial score (nSPS) is 14.3. The lowest BCUT2D eigenvalue weighted by Gasteiger charge is -2.31. The number of anilines is 2. The lowest BCUT2D eigenvalue weighted by Crippen LogP contribution is -2.37. The fourth-order valence-corrected chi connectivity index (χ4v) is 6.75. The molecular weight excluding hydrogens is 436 g/mol. The second-order valence-electron chi connectivity index (χ2n) is 7.76. The minimum Gasteiger partial charge on any atom is -0.493 e. The molecule has 0 spiro atoms. The molecule has 2 aromatic carbocycles. The van der Waals surface area contributed by atoms with Crippen molar-refractivity contribution in [3.63, 3.8) is 0 Å². The third-order valence-electron chi connectivity index (χ3n) is 5.24. The Morgan fingerprint density at radius 1 is 1.03 bits per heavy atom. The van der Waals surface area contributed by atoms with Crippen LogP contribution in [0, 0.1) is 13.8 Å². The van der Waals surface area contributed by atoms with E-state index in [4.69, 9.17) is 4.74 Å². The van der Waals surface area contributed by atoms with Crippen molar-refractivity contribution in [1.82, 2.24) is 0 Å². The van der Waals surface area contributed by atoms with Crippen molar-refractivity contribution in [2.24, 2.45) is 0 Å². The highest BCUT2D eigenvalue weighted by Gasteiger charge is 2.27. The molecule has 1 aliphatic rings. The van der Waals surface area contributed by atoms with Crippen molar-refractivity contribution >= 4 is 31.4 Å². The zero-order valence-electron chi connectivity index (χ0n) is 18.4. The molecule has 1 aliphatic heterocycles. The number of sulfonamides is 2. The zero-order valence-corrected chi connectivity index (χ0v) is 20.1. The van der Waals surface area contributed by atoms with Gasteiger partial charge in [0, 0.05) is 6.54 Å². The molecule has 170 valence electrons. The van der Waals surface area contributed by atoms with Crippen LogP contribution in [0.1, 0.15) is 43.4 Å². The molecule has 0 radical (unpaired) electrons. The average molecular weight is 467 g/mol. The summed E-state index contributed by atoms with van der Waals surface area (Å²) < 4.78 is 61.1. The summed E-state index contributed by atoms with van der Waals surface area (Å²) in [6, 6.07) is 8.26. The van der Waals surface area contributed by atoms with E-state index in [2.05, 4.69) is 4.72 Å². The van der Waals surface area contributed by atoms with Gasteiger partial charge in [-0.1, -0.05) is 13.0 Å². The van der Waals surface area contributed by atoms with E-state index in [1.807, 2.05) is 27.7 Å². The van der Waals surface area contributed by atoms with Crippen LogP contribution in [0.25, 0.3) is 0 Å². The quantitative estimate of drug-likeness (QED) is 0.635. The smallest absolute Gasteiger partial charge is 0.261 e. The van der Waals surface area contributed by atoms with Crippen LogP contribution in [0.3, 0.4) is 0 Å². The Morgan fingerprint density at radius 3 is 2.32 bits per heavy atom. The van der Waals surface area contributed by atoms with E-state index in [1.165, 1.54) is 4.31 Å². The van der Waals surface area contributed by atoms with E-state index in [0.717, 1.165) is 29.5 Å². The highest BCUT2D eigenvalue weighted by atomic mass is 32.2. The Balaban J connectivity index is 1.95. The summed E-state index contributed by atoms with van der Waals surface area (Å²) in [7, 11) is -7.29. The SMILES string of the molecule is CCCS(=O)(=O)N1CCCc2ccc(NS(=O)(=O)c3cc(C)c(OCC)c(C)c3)cc21. The first-order chi connectivity index (χ1) is 14.6. The van der Waals surface area contributed by atoms with Crippen molar-refractivity contribution in [3.8, 4) is 5.75 Å². The number of hydrogen-bond donors (Lipinski definition) is 1. The van der Waals surface area contributed by atoms with Crippen LogP contribution in [-0.2, 0) is 26.5 Å². The molecular formula is C22H30N2O5S2. The van der Waals surface area contributed by atoms with Crippen molar-refractivity contribution in [1.29, 1.82) is 0 Å². The van der Waals surface area contributed by atoms with Gasteiger partial charge in [0.15, 0.2) is 0 Å². The van der Waals surface area contributed by atoms with E-state index >= 15 is 0 Å². The van der Waals surface area contributed by atoms with Gasteiger partial charge in [-0.2, -0.15) is 0 Å². The average Bonchev–Trinajstić information content (AvgIpc) is 2.69. The van der Waals surface area contributed by atoms with E-state index in [9.17, 15) is 16.8 Å². The molecule has 0 atom stereocenters. The summed E-state index contributed by atoms with van der Waals surface area (Å²) in [5.74, 6) is 0.750. The number of hydrogen-bond acceptors (Lipinski definition) is 5. The predicted octanol–water partition coefficient (Wildman–Crippen LogP) is 4.00. The number of fused-ring (bicyclic) bond motifs is 1. The molecule has 0 aromatic heterocycles. The molecule has 9 heteroatoms. The number of aryl methyl sites for hydroxylation is 3. The first-order valence-electron chi connectivity index (χ1n) is 10.5. The molecule has 0 amide bonds. The molecule has 0 fully saturated rings. The maximum Gasteiger partial charge on any atom is 0.261 e. The minimum absolute atomic E-state index is 0.0626. The van der Waals surface area contributed by atoms with Gasteiger partial charge >= 0.3 is 0 Å². The van der Waals surface area contributed by atoms with Crippen LogP contribution in [0.4, 0.5) is 11.4 Å². The molecule has 0 saturated carbocycles. The van der Waals surface area contributed by atoms with Crippen molar-refractivity contribution < 1.29 is 21.6 Å². The number of nitrogens with one attached hydrogen (secondary N) is 1. The number of nitrogens with zero attached hydrogens (tertiary/aromatic N) is 1. The molecule has 1 N–H and O–H groups in total. The molecule has 0 aliphatic carbocycles. The number of benzene rings is 2. The molecule has 7 nitrogen and oxygen atoms in total. The van der Waals surface area contributed by atoms with Crippen LogP contribution in [0.15, 0.2) is 35.2 Å². The second-order valence-corrected chi connectivity index (χ2v) is 11.5. The van der Waals surface area contributed by atoms with Crippen LogP contribution >= 0.6 is 0 Å². The molecule has 0 saturated heterocycles. The molecule has 3 rings (SSSR count). The number of ether oxygens (including phenoxy) is 1. The maximum atomic E-state index is 13.0. The van der Waals surface area contributed by atoms with Gasteiger partial charge in [-0.25, -0.2) is 16.8 Å². The van der Waals surface area contributed by atoms with E-state index in [1.54, 1.807) is 30.3 Å². The summed E-state index contributed by atoms with van der Waals surface area (Å²) >= 11 is 0. The van der Waals surface area contributed by atoms with Gasteiger partial charge in [-0.3, -0.25) is 9.03 Å². The van der Waals surface area contributed by atoms with E-state index in [0.29, 0.717) is 36.7 Å². The van der Waals surface area contributed by atoms with Gasteiger partial charge in [0.25, 0.3) is 10.0 Å². The lowest BCUT2D eigenvalue weighted by atomic mass is 10.0. The molecule has 1 heterocycles. The van der Waals surface area contributed by atoms with Gasteiger partial charge in [0.1, 0.15) is 5.75 Å². The Hall–Kier alpha value is -2.26. The summed E-state index contributed by atoms with van der Waals surface area (Å²) in [5, 5.41) is 0. The predicted molar refractivity (Wildman–Crippen MR) is 124 cm³/mol. The Labute approximate surface area is 185 Å². The van der Waals surface area contributed by atoms with Crippen LogP contribution in [0.5, 0.6) is 5.75 Å². The molecule has 0 unspecified atom stereocenters. The van der Waals surface area contributed by atoms with Crippen molar-refractivity contribution in [3.05, 3.63) is 47.0 Å². The third-order valence-corrected chi connectivity index (χ3v) is 8.58. The maximum absolute atomic E-state index is 13.0. The first-order valence-corrected chi connectivity index (χ1v) is 13.6. The molecule has 2 aromatic rings. The highest BCUT2D eigenvalue weighted by molar-refractivity contribution is 7.93. The minimum atomic E-state index is -3.85. The monoisotopic (exact) mass is 466 g/mol. The standard InChI is InChI=1S/C22H30N2O5S2/c1-5-12-30(25,26)24-11-7-8-18-9-10-19(15-21(18)24)23-31(27,28)20-13-16(3)22(29-6-2)17(4)14-20/h9-10,13-15,23H,5-8,11-12H2,1-4H3. The summed E-state index contributed by atoms with van der Waals surface area (Å²) in [6.45, 7) is 8.24. The van der Waals surface area contributed by atoms with Crippen LogP contribution < -0.4 is 13.8 Å².